The minimum atomic E-state index is -0.633. The van der Waals surface area contributed by atoms with Crippen LogP contribution < -0.4 is 10.6 Å². The molecule has 212 valence electrons. The van der Waals surface area contributed by atoms with Crippen LogP contribution in [0.3, 0.4) is 0 Å². The van der Waals surface area contributed by atoms with Crippen molar-refractivity contribution in [2.45, 2.75) is 85.1 Å². The summed E-state index contributed by atoms with van der Waals surface area (Å²) in [6, 6.07) is 17.4. The molecule has 0 spiro atoms. The van der Waals surface area contributed by atoms with Crippen LogP contribution in [0.15, 0.2) is 60.7 Å². The Balaban J connectivity index is 1.70. The van der Waals surface area contributed by atoms with E-state index in [4.69, 9.17) is 9.47 Å². The summed E-state index contributed by atoms with van der Waals surface area (Å²) in [5.74, 6) is -0.280. The second kappa shape index (κ2) is 17.0. The second-order valence-corrected chi connectivity index (χ2v) is 10.3. The van der Waals surface area contributed by atoms with Crippen LogP contribution in [0, 0.1) is 11.8 Å². The Bertz CT molecular complexity index is 956. The third-order valence-electron chi connectivity index (χ3n) is 6.35. The van der Waals surface area contributed by atoms with E-state index in [1.807, 2.05) is 88.4 Å². The summed E-state index contributed by atoms with van der Waals surface area (Å²) >= 11 is 0. The Morgan fingerprint density at radius 1 is 0.590 bits per heavy atom. The molecule has 0 aliphatic rings. The first-order chi connectivity index (χ1) is 18.7. The van der Waals surface area contributed by atoms with E-state index >= 15 is 0 Å². The molecule has 2 aromatic rings. The van der Waals surface area contributed by atoms with Crippen molar-refractivity contribution >= 4 is 23.8 Å². The summed E-state index contributed by atoms with van der Waals surface area (Å²) in [6.07, 6.45) is 1.26. The molecule has 8 heteroatoms. The van der Waals surface area contributed by atoms with Crippen LogP contribution in [0.4, 0.5) is 9.59 Å². The fourth-order valence-electron chi connectivity index (χ4n) is 4.11. The van der Waals surface area contributed by atoms with Crippen LogP contribution in [0.5, 0.6) is 0 Å². The first-order valence-electron chi connectivity index (χ1n) is 13.7. The lowest BCUT2D eigenvalue weighted by atomic mass is 9.94. The van der Waals surface area contributed by atoms with Crippen molar-refractivity contribution in [2.75, 3.05) is 0 Å². The van der Waals surface area contributed by atoms with Gasteiger partial charge in [0.15, 0.2) is 11.6 Å². The van der Waals surface area contributed by atoms with E-state index in [1.165, 1.54) is 0 Å². The van der Waals surface area contributed by atoms with Gasteiger partial charge in [0.2, 0.25) is 0 Å². The number of alkyl carbamates (subject to hydrolysis) is 2. The minimum absolute atomic E-state index is 0.0594. The zero-order chi connectivity index (χ0) is 28.6. The van der Waals surface area contributed by atoms with Crippen LogP contribution in [-0.2, 0) is 32.3 Å². The van der Waals surface area contributed by atoms with E-state index in [0.29, 0.717) is 32.1 Å². The number of amides is 2. The normalized spacial score (nSPS) is 12.5. The molecular weight excluding hydrogens is 496 g/mol. The lowest BCUT2D eigenvalue weighted by Crippen LogP contribution is -2.44. The van der Waals surface area contributed by atoms with Crippen molar-refractivity contribution in [3.63, 3.8) is 0 Å². The van der Waals surface area contributed by atoms with Crippen LogP contribution in [0.2, 0.25) is 0 Å². The van der Waals surface area contributed by atoms with E-state index in [9.17, 15) is 19.2 Å². The van der Waals surface area contributed by atoms with Gasteiger partial charge in [0.1, 0.15) is 13.2 Å². The Morgan fingerprint density at radius 3 is 1.28 bits per heavy atom. The Morgan fingerprint density at radius 2 is 0.949 bits per heavy atom. The number of benzene rings is 2. The average Bonchev–Trinajstić information content (AvgIpc) is 2.92. The zero-order valence-corrected chi connectivity index (χ0v) is 23.5. The maximum Gasteiger partial charge on any atom is 0.408 e. The summed E-state index contributed by atoms with van der Waals surface area (Å²) in [4.78, 5) is 50.0. The molecule has 2 amide bonds. The lowest BCUT2D eigenvalue weighted by molar-refractivity contribution is -0.122. The standard InChI is InChI=1S/C31H42N2O6/c1-22(2)28(32-30(36)38-20-24-14-8-5-9-15-24)26(34)18-12-7-13-19-27(35)29(23(3)4)33-31(37)39-21-25-16-10-6-11-17-25/h5-6,8-11,14-17,22-23,28-29H,7,12-13,18-21H2,1-4H3,(H,32,36)(H,33,37)/t28-,29-/m0/s1. The van der Waals surface area contributed by atoms with Gasteiger partial charge in [-0.1, -0.05) is 94.8 Å². The quantitative estimate of drug-likeness (QED) is 0.255. The van der Waals surface area contributed by atoms with Crippen molar-refractivity contribution in [2.24, 2.45) is 11.8 Å². The van der Waals surface area contributed by atoms with Gasteiger partial charge >= 0.3 is 12.2 Å². The highest BCUT2D eigenvalue weighted by Crippen LogP contribution is 2.14. The summed E-state index contributed by atoms with van der Waals surface area (Å²) in [5.41, 5.74) is 1.74. The maximum absolute atomic E-state index is 12.8. The summed E-state index contributed by atoms with van der Waals surface area (Å²) in [5, 5.41) is 5.39. The van der Waals surface area contributed by atoms with Crippen molar-refractivity contribution < 1.29 is 28.7 Å². The second-order valence-electron chi connectivity index (χ2n) is 10.3. The Hall–Kier alpha value is -3.68. The Labute approximate surface area is 231 Å². The molecule has 8 nitrogen and oxygen atoms in total. The number of unbranched alkanes of at least 4 members (excludes halogenated alkanes) is 2. The first-order valence-corrected chi connectivity index (χ1v) is 13.7. The predicted octanol–water partition coefficient (Wildman–Crippen LogP) is 5.98. The number of hydrogen-bond acceptors (Lipinski definition) is 6. The van der Waals surface area contributed by atoms with Crippen LogP contribution in [-0.4, -0.2) is 35.8 Å². The highest BCUT2D eigenvalue weighted by Gasteiger charge is 2.26. The first kappa shape index (κ1) is 31.5. The number of carbonyl (C=O) groups excluding carboxylic acids is 4. The largest absolute Gasteiger partial charge is 0.445 e. The third-order valence-corrected chi connectivity index (χ3v) is 6.35. The summed E-state index contributed by atoms with van der Waals surface area (Å²) in [7, 11) is 0. The molecule has 0 saturated heterocycles. The number of carbonyl (C=O) groups is 4. The molecule has 2 aromatic carbocycles. The highest BCUT2D eigenvalue weighted by molar-refractivity contribution is 5.88. The molecule has 2 rings (SSSR count). The fraction of sp³-hybridized carbons (Fsp3) is 0.484. The highest BCUT2D eigenvalue weighted by atomic mass is 16.6. The van der Waals surface area contributed by atoms with Crippen LogP contribution >= 0.6 is 0 Å². The van der Waals surface area contributed by atoms with Gasteiger partial charge in [-0.2, -0.15) is 0 Å². The molecule has 0 aliphatic heterocycles. The van der Waals surface area contributed by atoms with Gasteiger partial charge in [-0.3, -0.25) is 9.59 Å². The van der Waals surface area contributed by atoms with Crippen molar-refractivity contribution in [1.29, 1.82) is 0 Å². The lowest BCUT2D eigenvalue weighted by Gasteiger charge is -2.21. The molecule has 0 unspecified atom stereocenters. The number of ketones is 2. The number of hydrogen-bond donors (Lipinski definition) is 2. The molecule has 0 aromatic heterocycles. The number of nitrogens with one attached hydrogen (secondary N) is 2. The third kappa shape index (κ3) is 12.1. The summed E-state index contributed by atoms with van der Waals surface area (Å²) in [6.45, 7) is 7.78. The SMILES string of the molecule is CC(C)[C@H](NC(=O)OCc1ccccc1)C(=O)CCCCCC(=O)[C@@H](NC(=O)OCc1ccccc1)C(C)C. The van der Waals surface area contributed by atoms with Gasteiger partial charge in [-0.15, -0.1) is 0 Å². The van der Waals surface area contributed by atoms with Gasteiger partial charge in [0.05, 0.1) is 12.1 Å². The minimum Gasteiger partial charge on any atom is -0.445 e. The molecule has 0 saturated carbocycles. The summed E-state index contributed by atoms with van der Waals surface area (Å²) < 4.78 is 10.5. The number of ether oxygens (including phenoxy) is 2. The molecule has 0 heterocycles. The van der Waals surface area contributed by atoms with Crippen molar-refractivity contribution in [1.82, 2.24) is 10.6 Å². The van der Waals surface area contributed by atoms with Gasteiger partial charge in [0, 0.05) is 12.8 Å². The van der Waals surface area contributed by atoms with Gasteiger partial charge in [-0.25, -0.2) is 9.59 Å². The average molecular weight is 539 g/mol. The van der Waals surface area contributed by atoms with E-state index in [2.05, 4.69) is 10.6 Å². The molecule has 0 bridgehead atoms. The van der Waals surface area contributed by atoms with Crippen molar-refractivity contribution in [3.8, 4) is 0 Å². The smallest absolute Gasteiger partial charge is 0.408 e. The van der Waals surface area contributed by atoms with Crippen LogP contribution in [0.25, 0.3) is 0 Å². The maximum atomic E-state index is 12.8. The molecular formula is C31H42N2O6. The van der Waals surface area contributed by atoms with Gasteiger partial charge < -0.3 is 20.1 Å². The van der Waals surface area contributed by atoms with E-state index in [0.717, 1.165) is 11.1 Å². The van der Waals surface area contributed by atoms with E-state index in [1.54, 1.807) is 0 Å². The molecule has 2 atom stereocenters. The van der Waals surface area contributed by atoms with Gasteiger partial charge in [-0.05, 0) is 35.8 Å². The van der Waals surface area contributed by atoms with Crippen LogP contribution in [0.1, 0.15) is 70.9 Å². The number of rotatable bonds is 16. The molecule has 0 aliphatic carbocycles. The fourth-order valence-corrected chi connectivity index (χ4v) is 4.11. The predicted molar refractivity (Wildman–Crippen MR) is 150 cm³/mol. The van der Waals surface area contributed by atoms with E-state index < -0.39 is 24.3 Å². The zero-order valence-electron chi connectivity index (χ0n) is 23.5. The molecule has 0 radical (unpaired) electrons. The molecule has 2 N–H and O–H groups in total. The van der Waals surface area contributed by atoms with Crippen molar-refractivity contribution in [3.05, 3.63) is 71.8 Å². The number of Topliss-reactive ketones (excluding diaryl/α,β-unsaturated/α-hetero) is 2. The monoisotopic (exact) mass is 538 g/mol. The Kier molecular flexibility index (Phi) is 13.8. The topological polar surface area (TPSA) is 111 Å². The molecule has 39 heavy (non-hydrogen) atoms. The van der Waals surface area contributed by atoms with Gasteiger partial charge in [0.25, 0.3) is 0 Å². The van der Waals surface area contributed by atoms with E-state index in [-0.39, 0.29) is 36.6 Å². The molecule has 0 fully saturated rings.